The number of fused-ring (bicyclic) bond motifs is 1. The highest BCUT2D eigenvalue weighted by atomic mass is 79.9. The summed E-state index contributed by atoms with van der Waals surface area (Å²) in [6, 6.07) is 15.3. The van der Waals surface area contributed by atoms with Gasteiger partial charge in [-0.05, 0) is 31.2 Å². The van der Waals surface area contributed by atoms with E-state index in [1.54, 1.807) is 0 Å². The van der Waals surface area contributed by atoms with Gasteiger partial charge in [0.05, 0.1) is 0 Å². The summed E-state index contributed by atoms with van der Waals surface area (Å²) in [7, 11) is 0. The Bertz CT molecular complexity index is 504. The van der Waals surface area contributed by atoms with Gasteiger partial charge in [-0.25, -0.2) is 0 Å². The Labute approximate surface area is 124 Å². The maximum atomic E-state index is 3.50. The Morgan fingerprint density at radius 2 is 1.74 bits per heavy atom. The summed E-state index contributed by atoms with van der Waals surface area (Å²) in [4.78, 5) is 2.50. The molecule has 1 nitrogen and oxygen atoms in total. The third-order valence-electron chi connectivity index (χ3n) is 3.55. The van der Waals surface area contributed by atoms with Crippen molar-refractivity contribution in [2.75, 3.05) is 23.3 Å². The van der Waals surface area contributed by atoms with Crippen molar-refractivity contribution in [2.24, 2.45) is 0 Å². The first kappa shape index (κ1) is 14.4. The first-order valence-corrected chi connectivity index (χ1v) is 8.27. The summed E-state index contributed by atoms with van der Waals surface area (Å²) in [6.07, 6.45) is 3.84. The minimum Gasteiger partial charge on any atom is -0.371 e. The molecule has 0 unspecified atom stereocenters. The molecular weight excluding hydrogens is 298 g/mol. The van der Waals surface area contributed by atoms with Crippen molar-refractivity contribution in [3.63, 3.8) is 0 Å². The lowest BCUT2D eigenvalue weighted by Crippen LogP contribution is -2.24. The zero-order valence-corrected chi connectivity index (χ0v) is 13.2. The summed E-state index contributed by atoms with van der Waals surface area (Å²) in [5.41, 5.74) is 1.37. The van der Waals surface area contributed by atoms with E-state index in [9.17, 15) is 0 Å². The van der Waals surface area contributed by atoms with Crippen LogP contribution in [0.5, 0.6) is 0 Å². The molecule has 2 heteroatoms. The second-order valence-corrected chi connectivity index (χ2v) is 5.62. The molecule has 0 saturated carbocycles. The third kappa shape index (κ3) is 3.73. The van der Waals surface area contributed by atoms with Crippen LogP contribution in [0.2, 0.25) is 0 Å². The molecule has 0 heterocycles. The number of benzene rings is 2. The van der Waals surface area contributed by atoms with Crippen molar-refractivity contribution in [3.05, 3.63) is 42.5 Å². The summed E-state index contributed by atoms with van der Waals surface area (Å²) in [5, 5.41) is 3.82. The average Bonchev–Trinajstić information content (AvgIpc) is 2.47. The molecule has 2 aromatic carbocycles. The van der Waals surface area contributed by atoms with Crippen LogP contribution in [0.1, 0.15) is 26.2 Å². The zero-order valence-electron chi connectivity index (χ0n) is 11.6. The molecule has 0 fully saturated rings. The molecule has 19 heavy (non-hydrogen) atoms. The lowest BCUT2D eigenvalue weighted by Gasteiger charge is -2.24. The van der Waals surface area contributed by atoms with E-state index in [2.05, 4.69) is 70.2 Å². The van der Waals surface area contributed by atoms with Crippen molar-refractivity contribution in [2.45, 2.75) is 26.2 Å². The van der Waals surface area contributed by atoms with Gasteiger partial charge in [-0.1, -0.05) is 58.7 Å². The molecule has 0 aromatic heterocycles. The van der Waals surface area contributed by atoms with Gasteiger partial charge >= 0.3 is 0 Å². The van der Waals surface area contributed by atoms with Crippen LogP contribution in [0.15, 0.2) is 42.5 Å². The third-order valence-corrected chi connectivity index (χ3v) is 4.11. The van der Waals surface area contributed by atoms with E-state index in [-0.39, 0.29) is 0 Å². The molecule has 0 N–H and O–H groups in total. The molecule has 0 aliphatic carbocycles. The minimum absolute atomic E-state index is 1.07. The average molecular weight is 320 g/mol. The highest BCUT2D eigenvalue weighted by Gasteiger charge is 2.07. The van der Waals surface area contributed by atoms with Crippen LogP contribution >= 0.6 is 15.9 Å². The van der Waals surface area contributed by atoms with E-state index in [0.29, 0.717) is 0 Å². The smallest absolute Gasteiger partial charge is 0.0445 e. The summed E-state index contributed by atoms with van der Waals surface area (Å²) in [6.45, 7) is 4.46. The van der Waals surface area contributed by atoms with Gasteiger partial charge in [0.2, 0.25) is 0 Å². The lowest BCUT2D eigenvalue weighted by molar-refractivity contribution is 0.691. The maximum Gasteiger partial charge on any atom is 0.0445 e. The normalized spacial score (nSPS) is 10.8. The first-order valence-electron chi connectivity index (χ1n) is 7.15. The number of hydrogen-bond donors (Lipinski definition) is 0. The van der Waals surface area contributed by atoms with E-state index in [0.717, 1.165) is 18.4 Å². The van der Waals surface area contributed by atoms with Crippen LogP contribution < -0.4 is 4.90 Å². The molecule has 2 rings (SSSR count). The van der Waals surface area contributed by atoms with Crippen LogP contribution in [0.3, 0.4) is 0 Å². The Balaban J connectivity index is 2.16. The fourth-order valence-corrected chi connectivity index (χ4v) is 2.90. The maximum absolute atomic E-state index is 3.50. The van der Waals surface area contributed by atoms with Crippen LogP contribution in [-0.4, -0.2) is 18.4 Å². The Morgan fingerprint density at radius 1 is 0.947 bits per heavy atom. The Hall–Kier alpha value is -1.02. The van der Waals surface area contributed by atoms with Gasteiger partial charge in [-0.3, -0.25) is 0 Å². The van der Waals surface area contributed by atoms with Crippen molar-refractivity contribution >= 4 is 32.4 Å². The van der Waals surface area contributed by atoms with Gasteiger partial charge in [0.1, 0.15) is 0 Å². The molecule has 0 amide bonds. The predicted molar refractivity (Wildman–Crippen MR) is 89.5 cm³/mol. The number of alkyl halides is 1. The van der Waals surface area contributed by atoms with Crippen molar-refractivity contribution in [1.29, 1.82) is 0 Å². The van der Waals surface area contributed by atoms with E-state index >= 15 is 0 Å². The van der Waals surface area contributed by atoms with Crippen molar-refractivity contribution in [3.8, 4) is 0 Å². The fraction of sp³-hybridized carbons (Fsp3) is 0.412. The van der Waals surface area contributed by atoms with Crippen LogP contribution in [0, 0.1) is 0 Å². The second-order valence-electron chi connectivity index (χ2n) is 4.83. The molecule has 0 atom stereocenters. The quantitative estimate of drug-likeness (QED) is 0.499. The molecule has 0 aliphatic heterocycles. The molecule has 0 spiro atoms. The summed E-state index contributed by atoms with van der Waals surface area (Å²) in [5.74, 6) is 0. The SMILES string of the molecule is CCN(CCCCCBr)c1cccc2ccccc12. The molecule has 2 aromatic rings. The molecule has 0 aliphatic rings. The largest absolute Gasteiger partial charge is 0.371 e. The number of hydrogen-bond acceptors (Lipinski definition) is 1. The second kappa shape index (κ2) is 7.54. The molecule has 102 valence electrons. The number of nitrogens with zero attached hydrogens (tertiary/aromatic N) is 1. The van der Waals surface area contributed by atoms with Gasteiger partial charge in [0.25, 0.3) is 0 Å². The number of halogens is 1. The Kier molecular flexibility index (Phi) is 5.71. The topological polar surface area (TPSA) is 3.24 Å². The summed E-state index contributed by atoms with van der Waals surface area (Å²) >= 11 is 3.50. The van der Waals surface area contributed by atoms with E-state index in [4.69, 9.17) is 0 Å². The minimum atomic E-state index is 1.07. The Morgan fingerprint density at radius 3 is 2.53 bits per heavy atom. The van der Waals surface area contributed by atoms with Gasteiger partial charge in [-0.2, -0.15) is 0 Å². The summed E-state index contributed by atoms with van der Waals surface area (Å²) < 4.78 is 0. The standard InChI is InChI=1S/C17H22BrN/c1-2-19(14-7-3-6-13-18)17-12-8-10-15-9-4-5-11-16(15)17/h4-5,8-12H,2-3,6-7,13-14H2,1H3. The number of anilines is 1. The molecule has 0 radical (unpaired) electrons. The lowest BCUT2D eigenvalue weighted by atomic mass is 10.1. The number of rotatable bonds is 7. The molecule has 0 saturated heterocycles. The highest BCUT2D eigenvalue weighted by molar-refractivity contribution is 9.09. The highest BCUT2D eigenvalue weighted by Crippen LogP contribution is 2.26. The van der Waals surface area contributed by atoms with Crippen LogP contribution in [0.4, 0.5) is 5.69 Å². The van der Waals surface area contributed by atoms with Crippen LogP contribution in [-0.2, 0) is 0 Å². The van der Waals surface area contributed by atoms with Gasteiger partial charge in [0.15, 0.2) is 0 Å². The van der Waals surface area contributed by atoms with Crippen LogP contribution in [0.25, 0.3) is 10.8 Å². The molecular formula is C17H22BrN. The predicted octanol–water partition coefficient (Wildman–Crippen LogP) is 5.23. The van der Waals surface area contributed by atoms with E-state index in [1.807, 2.05) is 0 Å². The van der Waals surface area contributed by atoms with E-state index in [1.165, 1.54) is 35.7 Å². The van der Waals surface area contributed by atoms with E-state index < -0.39 is 0 Å². The van der Waals surface area contributed by atoms with Gasteiger partial charge in [-0.15, -0.1) is 0 Å². The number of unbranched alkanes of at least 4 members (excludes halogenated alkanes) is 2. The monoisotopic (exact) mass is 319 g/mol. The van der Waals surface area contributed by atoms with Gasteiger partial charge in [0, 0.05) is 29.5 Å². The first-order chi connectivity index (χ1) is 9.36. The zero-order chi connectivity index (χ0) is 13.5. The van der Waals surface area contributed by atoms with Crippen molar-refractivity contribution in [1.82, 2.24) is 0 Å². The van der Waals surface area contributed by atoms with Crippen molar-refractivity contribution < 1.29 is 0 Å². The fourth-order valence-electron chi connectivity index (χ4n) is 2.51. The van der Waals surface area contributed by atoms with Gasteiger partial charge < -0.3 is 4.90 Å². The molecule has 0 bridgehead atoms.